The predicted octanol–water partition coefficient (Wildman–Crippen LogP) is 6.12. The van der Waals surface area contributed by atoms with Gasteiger partial charge in [0.25, 0.3) is 0 Å². The van der Waals surface area contributed by atoms with Gasteiger partial charge in [-0.1, -0.05) is 19.1 Å². The molecule has 0 spiro atoms. The van der Waals surface area contributed by atoms with Crippen molar-refractivity contribution in [1.29, 1.82) is 0 Å². The van der Waals surface area contributed by atoms with Crippen molar-refractivity contribution in [3.05, 3.63) is 71.7 Å². The van der Waals surface area contributed by atoms with Crippen LogP contribution < -0.4 is 4.90 Å². The lowest BCUT2D eigenvalue weighted by Gasteiger charge is -2.34. The van der Waals surface area contributed by atoms with Crippen LogP contribution in [0.4, 0.5) is 10.1 Å². The van der Waals surface area contributed by atoms with Gasteiger partial charge >= 0.3 is 0 Å². The molecule has 1 atom stereocenters. The highest BCUT2D eigenvalue weighted by atomic mass is 19.1. The van der Waals surface area contributed by atoms with E-state index in [1.54, 1.807) is 17.0 Å². The van der Waals surface area contributed by atoms with Crippen LogP contribution in [0.1, 0.15) is 49.7 Å². The van der Waals surface area contributed by atoms with Gasteiger partial charge in [0.1, 0.15) is 5.82 Å². The number of rotatable bonds is 5. The highest BCUT2D eigenvalue weighted by Crippen LogP contribution is 2.41. The number of hydrogen-bond donors (Lipinski definition) is 0. The highest BCUT2D eigenvalue weighted by Gasteiger charge is 2.32. The summed E-state index contributed by atoms with van der Waals surface area (Å²) in [7, 11) is 1.85. The molecule has 32 heavy (non-hydrogen) atoms. The molecule has 3 aromatic rings. The van der Waals surface area contributed by atoms with Gasteiger partial charge in [-0.3, -0.25) is 9.78 Å². The third-order valence-electron chi connectivity index (χ3n) is 7.01. The molecule has 0 aliphatic heterocycles. The molecule has 0 saturated heterocycles. The van der Waals surface area contributed by atoms with E-state index < -0.39 is 0 Å². The quantitative estimate of drug-likeness (QED) is 0.459. The van der Waals surface area contributed by atoms with Crippen LogP contribution in [0.3, 0.4) is 0 Å². The molecule has 1 aliphatic carbocycles. The monoisotopic (exact) mass is 428 g/mol. The predicted molar refractivity (Wildman–Crippen MR) is 128 cm³/mol. The van der Waals surface area contributed by atoms with Crippen molar-refractivity contribution in [2.75, 3.05) is 11.9 Å². The lowest BCUT2D eigenvalue weighted by molar-refractivity contribution is -0.123. The number of amides is 1. The van der Waals surface area contributed by atoms with Crippen LogP contribution in [0.2, 0.25) is 0 Å². The van der Waals surface area contributed by atoms with Gasteiger partial charge < -0.3 is 4.90 Å². The van der Waals surface area contributed by atoms with Gasteiger partial charge in [0.05, 0.1) is 5.52 Å². The molecule has 0 N–H and O–H groups in total. The van der Waals surface area contributed by atoms with E-state index in [2.05, 4.69) is 10.9 Å². The Labute approximate surface area is 189 Å². The normalized spacial score (nSPS) is 19.3. The average molecular weight is 429 g/mol. The first-order valence-corrected chi connectivity index (χ1v) is 11.3. The third-order valence-corrected chi connectivity index (χ3v) is 7.01. The number of anilines is 1. The van der Waals surface area contributed by atoms with E-state index in [4.69, 9.17) is 6.42 Å². The summed E-state index contributed by atoms with van der Waals surface area (Å²) in [5.41, 5.74) is 3.98. The number of nitrogens with zero attached hydrogens (tertiary/aromatic N) is 2. The minimum atomic E-state index is -0.227. The van der Waals surface area contributed by atoms with Crippen LogP contribution in [-0.4, -0.2) is 17.9 Å². The summed E-state index contributed by atoms with van der Waals surface area (Å²) in [6, 6.07) is 14.7. The molecule has 2 aromatic carbocycles. The number of pyridine rings is 1. The molecule has 1 amide bonds. The van der Waals surface area contributed by atoms with Crippen molar-refractivity contribution in [2.24, 2.45) is 11.8 Å². The van der Waals surface area contributed by atoms with E-state index in [-0.39, 0.29) is 17.6 Å². The number of benzene rings is 2. The Kier molecular flexibility index (Phi) is 6.55. The summed E-state index contributed by atoms with van der Waals surface area (Å²) in [5.74, 6) is 3.25. The van der Waals surface area contributed by atoms with Crippen LogP contribution in [0.15, 0.2) is 54.7 Å². The molecule has 1 unspecified atom stereocenters. The molecule has 0 bridgehead atoms. The Morgan fingerprint density at radius 1 is 1.16 bits per heavy atom. The SMILES string of the molecule is C#CCc1ccc(N(C)C(=O)C(C)C2CCC(c3ccnc4ccc(F)cc34)CC2)cc1. The molecule has 1 aliphatic rings. The van der Waals surface area contributed by atoms with Gasteiger partial charge in [0.15, 0.2) is 0 Å². The van der Waals surface area contributed by atoms with Crippen LogP contribution in [0.5, 0.6) is 0 Å². The van der Waals surface area contributed by atoms with E-state index in [1.165, 1.54) is 11.6 Å². The fraction of sp³-hybridized carbons (Fsp3) is 0.357. The minimum absolute atomic E-state index is 0.0436. The summed E-state index contributed by atoms with van der Waals surface area (Å²) in [5, 5.41) is 0.910. The maximum absolute atomic E-state index is 13.8. The van der Waals surface area contributed by atoms with E-state index in [0.29, 0.717) is 18.3 Å². The minimum Gasteiger partial charge on any atom is -0.315 e. The van der Waals surface area contributed by atoms with Crippen molar-refractivity contribution in [3.63, 3.8) is 0 Å². The standard InChI is InChI=1S/C28H29FN2O/c1-4-5-20-6-13-24(14-7-20)31(3)28(32)19(2)21-8-10-22(11-9-21)25-16-17-30-27-15-12-23(29)18-26(25)27/h1,6-7,12-19,21-22H,5,8-11H2,2-3H3. The molecule has 0 radical (unpaired) electrons. The zero-order chi connectivity index (χ0) is 22.7. The maximum Gasteiger partial charge on any atom is 0.229 e. The molecule has 3 nitrogen and oxygen atoms in total. The first kappa shape index (κ1) is 22.0. The summed E-state index contributed by atoms with van der Waals surface area (Å²) in [6.45, 7) is 2.05. The topological polar surface area (TPSA) is 33.2 Å². The number of fused-ring (bicyclic) bond motifs is 1. The smallest absolute Gasteiger partial charge is 0.229 e. The van der Waals surface area contributed by atoms with E-state index in [1.807, 2.05) is 50.5 Å². The Bertz CT molecular complexity index is 1140. The van der Waals surface area contributed by atoms with E-state index in [0.717, 1.165) is 47.8 Å². The zero-order valence-electron chi connectivity index (χ0n) is 18.7. The van der Waals surface area contributed by atoms with Crippen molar-refractivity contribution < 1.29 is 9.18 Å². The van der Waals surface area contributed by atoms with Crippen molar-refractivity contribution in [3.8, 4) is 12.3 Å². The summed E-state index contributed by atoms with van der Waals surface area (Å²) >= 11 is 0. The Morgan fingerprint density at radius 2 is 1.88 bits per heavy atom. The second kappa shape index (κ2) is 9.53. The first-order chi connectivity index (χ1) is 15.5. The molecule has 1 fully saturated rings. The Balaban J connectivity index is 1.41. The molecular weight excluding hydrogens is 399 g/mol. The number of carbonyl (C=O) groups excluding carboxylic acids is 1. The molecule has 1 saturated carbocycles. The van der Waals surface area contributed by atoms with Gasteiger partial charge in [-0.05, 0) is 85.0 Å². The fourth-order valence-corrected chi connectivity index (χ4v) is 5.02. The van der Waals surface area contributed by atoms with Crippen LogP contribution in [-0.2, 0) is 11.2 Å². The highest BCUT2D eigenvalue weighted by molar-refractivity contribution is 5.94. The van der Waals surface area contributed by atoms with Gasteiger partial charge in [0.2, 0.25) is 5.91 Å². The van der Waals surface area contributed by atoms with E-state index >= 15 is 0 Å². The van der Waals surface area contributed by atoms with Crippen LogP contribution in [0, 0.1) is 30.0 Å². The van der Waals surface area contributed by atoms with Gasteiger partial charge in [-0.25, -0.2) is 4.39 Å². The number of halogens is 1. The number of carbonyl (C=O) groups is 1. The van der Waals surface area contributed by atoms with Crippen LogP contribution >= 0.6 is 0 Å². The molecule has 164 valence electrons. The molecule has 4 rings (SSSR count). The first-order valence-electron chi connectivity index (χ1n) is 11.3. The zero-order valence-corrected chi connectivity index (χ0v) is 18.7. The summed E-state index contributed by atoms with van der Waals surface area (Å²) in [6.07, 6.45) is 11.8. The van der Waals surface area contributed by atoms with Crippen molar-refractivity contribution in [2.45, 2.75) is 44.9 Å². The van der Waals surface area contributed by atoms with Gasteiger partial charge in [0, 0.05) is 36.7 Å². The van der Waals surface area contributed by atoms with Crippen molar-refractivity contribution in [1.82, 2.24) is 4.98 Å². The average Bonchev–Trinajstić information content (AvgIpc) is 2.83. The van der Waals surface area contributed by atoms with Gasteiger partial charge in [-0.2, -0.15) is 0 Å². The number of hydrogen-bond acceptors (Lipinski definition) is 2. The lowest BCUT2D eigenvalue weighted by atomic mass is 9.73. The van der Waals surface area contributed by atoms with Crippen LogP contribution in [0.25, 0.3) is 10.9 Å². The van der Waals surface area contributed by atoms with Gasteiger partial charge in [-0.15, -0.1) is 12.3 Å². The lowest BCUT2D eigenvalue weighted by Crippen LogP contribution is -2.36. The molecule has 4 heteroatoms. The molecule has 1 aromatic heterocycles. The second-order valence-electron chi connectivity index (χ2n) is 8.91. The number of aromatic nitrogens is 1. The summed E-state index contributed by atoms with van der Waals surface area (Å²) < 4.78 is 13.8. The fourth-order valence-electron chi connectivity index (χ4n) is 5.02. The Hall–Kier alpha value is -3.19. The molecular formula is C28H29FN2O. The number of terminal acetylenes is 1. The van der Waals surface area contributed by atoms with E-state index in [9.17, 15) is 9.18 Å². The third kappa shape index (κ3) is 4.53. The summed E-state index contributed by atoms with van der Waals surface area (Å²) in [4.78, 5) is 19.3. The van der Waals surface area contributed by atoms with Crippen molar-refractivity contribution >= 4 is 22.5 Å². The Morgan fingerprint density at radius 3 is 2.56 bits per heavy atom. The second-order valence-corrected chi connectivity index (χ2v) is 8.91. The maximum atomic E-state index is 13.8. The molecule has 1 heterocycles. The largest absolute Gasteiger partial charge is 0.315 e.